The number of ketones is 2. The second-order valence-corrected chi connectivity index (χ2v) is 8.07. The molecule has 4 nitrogen and oxygen atoms in total. The number of halogens is 2. The maximum Gasteiger partial charge on any atom is 0.307 e. The molecule has 0 spiro atoms. The smallest absolute Gasteiger partial charge is 0.307 e. The fourth-order valence-corrected chi connectivity index (χ4v) is 3.72. The van der Waals surface area contributed by atoms with Gasteiger partial charge in [0.15, 0.2) is 5.78 Å². The third-order valence-electron chi connectivity index (χ3n) is 5.55. The first-order chi connectivity index (χ1) is 12.6. The fraction of sp³-hybridized carbons (Fsp3) is 0.762. The lowest BCUT2D eigenvalue weighted by Crippen LogP contribution is -2.41. The van der Waals surface area contributed by atoms with Gasteiger partial charge in [-0.3, -0.25) is 14.4 Å². The highest BCUT2D eigenvalue weighted by Crippen LogP contribution is 2.45. The van der Waals surface area contributed by atoms with E-state index in [-0.39, 0.29) is 31.0 Å². The molecule has 0 fully saturated rings. The van der Waals surface area contributed by atoms with Crippen molar-refractivity contribution in [3.8, 4) is 0 Å². The van der Waals surface area contributed by atoms with Crippen LogP contribution in [0.1, 0.15) is 78.6 Å². The van der Waals surface area contributed by atoms with Gasteiger partial charge in [-0.05, 0) is 37.7 Å². The Morgan fingerprint density at radius 3 is 2.41 bits per heavy atom. The van der Waals surface area contributed by atoms with E-state index in [1.807, 2.05) is 20.8 Å². The number of carboxylic acids is 1. The van der Waals surface area contributed by atoms with E-state index in [9.17, 15) is 28.3 Å². The number of hydrogen-bond acceptors (Lipinski definition) is 3. The summed E-state index contributed by atoms with van der Waals surface area (Å²) in [6, 6.07) is 0. The molecule has 0 saturated carbocycles. The Morgan fingerprint density at radius 1 is 1.26 bits per heavy atom. The van der Waals surface area contributed by atoms with Crippen LogP contribution < -0.4 is 0 Å². The van der Waals surface area contributed by atoms with Gasteiger partial charge in [0.2, 0.25) is 5.78 Å². The molecule has 6 heteroatoms. The Morgan fingerprint density at radius 2 is 1.93 bits per heavy atom. The van der Waals surface area contributed by atoms with E-state index < -0.39 is 41.8 Å². The molecule has 0 aromatic rings. The van der Waals surface area contributed by atoms with Crippen LogP contribution >= 0.6 is 0 Å². The molecule has 0 aromatic heterocycles. The molecule has 1 N–H and O–H groups in total. The van der Waals surface area contributed by atoms with Crippen LogP contribution in [0.25, 0.3) is 0 Å². The Labute approximate surface area is 160 Å². The van der Waals surface area contributed by atoms with Gasteiger partial charge in [-0.15, -0.1) is 0 Å². The Balaban J connectivity index is 2.89. The summed E-state index contributed by atoms with van der Waals surface area (Å²) >= 11 is 0. The van der Waals surface area contributed by atoms with Crippen molar-refractivity contribution in [1.29, 1.82) is 0 Å². The molecule has 0 amide bonds. The first-order valence-corrected chi connectivity index (χ1v) is 9.91. The van der Waals surface area contributed by atoms with Crippen LogP contribution in [0.3, 0.4) is 0 Å². The molecule has 1 aliphatic rings. The zero-order chi connectivity index (χ0) is 20.7. The zero-order valence-corrected chi connectivity index (χ0v) is 16.6. The average molecular weight is 386 g/mol. The van der Waals surface area contributed by atoms with Gasteiger partial charge in [-0.2, -0.15) is 8.78 Å². The van der Waals surface area contributed by atoms with Crippen LogP contribution in [0.5, 0.6) is 0 Å². The van der Waals surface area contributed by atoms with Crippen molar-refractivity contribution in [2.45, 2.75) is 84.5 Å². The van der Waals surface area contributed by atoms with Crippen LogP contribution in [0.4, 0.5) is 8.78 Å². The van der Waals surface area contributed by atoms with E-state index in [1.165, 1.54) is 6.08 Å². The third kappa shape index (κ3) is 6.22. The third-order valence-corrected chi connectivity index (χ3v) is 5.55. The molecule has 0 aromatic carbocycles. The fourth-order valence-electron chi connectivity index (χ4n) is 3.72. The molecule has 2 atom stereocenters. The standard InChI is InChI=1S/C21H32F2O4/c1-4-5-6-8-16(19(26)27)20(12-7-9-17(20)24)13-11-18(25)21(22,23)14-10-15(2)3/h7,9,15-16H,4-6,8,10-14H2,1-3H3,(H,26,27)/t16-,20-/m0/s1. The van der Waals surface area contributed by atoms with Crippen molar-refractivity contribution in [2.24, 2.45) is 17.3 Å². The van der Waals surface area contributed by atoms with Crippen LogP contribution in [-0.4, -0.2) is 28.6 Å². The highest BCUT2D eigenvalue weighted by Gasteiger charge is 2.50. The topological polar surface area (TPSA) is 71.4 Å². The predicted octanol–water partition coefficient (Wildman–Crippen LogP) is 5.20. The molecular formula is C21H32F2O4. The Hall–Kier alpha value is -1.59. The second-order valence-electron chi connectivity index (χ2n) is 8.07. The number of carboxylic acid groups (broad SMARTS) is 1. The molecule has 27 heavy (non-hydrogen) atoms. The average Bonchev–Trinajstić information content (AvgIpc) is 2.96. The first kappa shape index (κ1) is 23.4. The normalized spacial score (nSPS) is 21.0. The lowest BCUT2D eigenvalue weighted by Gasteiger charge is -2.34. The summed E-state index contributed by atoms with van der Waals surface area (Å²) in [4.78, 5) is 36.4. The minimum Gasteiger partial charge on any atom is -0.481 e. The molecule has 0 bridgehead atoms. The molecular weight excluding hydrogens is 354 g/mol. The van der Waals surface area contributed by atoms with Crippen molar-refractivity contribution in [2.75, 3.05) is 0 Å². The number of rotatable bonds is 13. The van der Waals surface area contributed by atoms with Crippen molar-refractivity contribution in [3.63, 3.8) is 0 Å². The lowest BCUT2D eigenvalue weighted by molar-refractivity contribution is -0.153. The van der Waals surface area contributed by atoms with Gasteiger partial charge >= 0.3 is 11.9 Å². The maximum atomic E-state index is 14.1. The largest absolute Gasteiger partial charge is 0.481 e. The van der Waals surface area contributed by atoms with Gasteiger partial charge < -0.3 is 5.11 Å². The maximum absolute atomic E-state index is 14.1. The molecule has 0 unspecified atom stereocenters. The van der Waals surface area contributed by atoms with Gasteiger partial charge in [-0.25, -0.2) is 0 Å². The number of alkyl halides is 2. The summed E-state index contributed by atoms with van der Waals surface area (Å²) in [7, 11) is 0. The van der Waals surface area contributed by atoms with Crippen molar-refractivity contribution in [3.05, 3.63) is 12.2 Å². The number of aliphatic carboxylic acids is 1. The summed E-state index contributed by atoms with van der Waals surface area (Å²) in [5, 5.41) is 9.67. The van der Waals surface area contributed by atoms with E-state index in [1.54, 1.807) is 6.08 Å². The zero-order valence-electron chi connectivity index (χ0n) is 16.6. The number of unbranched alkanes of at least 4 members (excludes halogenated alkanes) is 2. The second kappa shape index (κ2) is 10.1. The first-order valence-electron chi connectivity index (χ1n) is 9.91. The molecule has 0 radical (unpaired) electrons. The minimum atomic E-state index is -3.43. The van der Waals surface area contributed by atoms with Gasteiger partial charge in [-0.1, -0.05) is 46.1 Å². The van der Waals surface area contributed by atoms with Crippen molar-refractivity contribution in [1.82, 2.24) is 0 Å². The van der Waals surface area contributed by atoms with Gasteiger partial charge in [0, 0.05) is 12.8 Å². The molecule has 0 heterocycles. The van der Waals surface area contributed by atoms with E-state index in [0.717, 1.165) is 12.8 Å². The van der Waals surface area contributed by atoms with E-state index in [0.29, 0.717) is 12.8 Å². The van der Waals surface area contributed by atoms with Gasteiger partial charge in [0.25, 0.3) is 0 Å². The lowest BCUT2D eigenvalue weighted by atomic mass is 9.67. The highest BCUT2D eigenvalue weighted by atomic mass is 19.3. The number of hydrogen-bond donors (Lipinski definition) is 1. The van der Waals surface area contributed by atoms with Gasteiger partial charge in [0.1, 0.15) is 0 Å². The van der Waals surface area contributed by atoms with Crippen LogP contribution in [0.15, 0.2) is 12.2 Å². The summed E-state index contributed by atoms with van der Waals surface area (Å²) in [6.45, 7) is 5.62. The van der Waals surface area contributed by atoms with Crippen LogP contribution in [0.2, 0.25) is 0 Å². The monoisotopic (exact) mass is 386 g/mol. The summed E-state index contributed by atoms with van der Waals surface area (Å²) in [5.74, 6) is -6.97. The summed E-state index contributed by atoms with van der Waals surface area (Å²) < 4.78 is 28.2. The molecule has 154 valence electrons. The molecule has 1 aliphatic carbocycles. The van der Waals surface area contributed by atoms with Crippen LogP contribution in [-0.2, 0) is 14.4 Å². The number of allylic oxidation sites excluding steroid dienone is 2. The Kier molecular flexibility index (Phi) is 8.76. The predicted molar refractivity (Wildman–Crippen MR) is 99.7 cm³/mol. The SMILES string of the molecule is CCCCC[C@@H](C(=O)O)[C@@]1(CCC(=O)C(F)(F)CCC(C)C)CC=CC1=O. The number of Topliss-reactive ketones (excluding diaryl/α,β-unsaturated/α-hetero) is 1. The number of carbonyl (C=O) groups is 3. The molecule has 0 aliphatic heterocycles. The van der Waals surface area contributed by atoms with Crippen molar-refractivity contribution < 1.29 is 28.3 Å². The molecule has 0 saturated heterocycles. The summed E-state index contributed by atoms with van der Waals surface area (Å²) in [6.07, 6.45) is 4.94. The van der Waals surface area contributed by atoms with Crippen LogP contribution in [0, 0.1) is 17.3 Å². The van der Waals surface area contributed by atoms with E-state index >= 15 is 0 Å². The molecule has 1 rings (SSSR count). The quantitative estimate of drug-likeness (QED) is 0.441. The van der Waals surface area contributed by atoms with E-state index in [2.05, 4.69) is 0 Å². The highest BCUT2D eigenvalue weighted by molar-refractivity contribution is 6.00. The summed E-state index contributed by atoms with van der Waals surface area (Å²) in [5.41, 5.74) is -1.27. The van der Waals surface area contributed by atoms with E-state index in [4.69, 9.17) is 0 Å². The number of carbonyl (C=O) groups excluding carboxylic acids is 2. The Bertz CT molecular complexity index is 569. The van der Waals surface area contributed by atoms with Gasteiger partial charge in [0.05, 0.1) is 11.3 Å². The minimum absolute atomic E-state index is 0.0607. The van der Waals surface area contributed by atoms with Crippen molar-refractivity contribution >= 4 is 17.5 Å².